The van der Waals surface area contributed by atoms with Gasteiger partial charge in [0.15, 0.2) is 0 Å². The maximum atomic E-state index is 6.03. The van der Waals surface area contributed by atoms with E-state index in [-0.39, 0.29) is 11.5 Å². The van der Waals surface area contributed by atoms with Gasteiger partial charge >= 0.3 is 0 Å². The van der Waals surface area contributed by atoms with Crippen molar-refractivity contribution in [2.24, 2.45) is 11.1 Å². The maximum Gasteiger partial charge on any atom is 0.225 e. The number of hydrogen-bond acceptors (Lipinski definition) is 5. The number of aromatic nitrogens is 2. The minimum atomic E-state index is 0.0878. The van der Waals surface area contributed by atoms with E-state index in [0.29, 0.717) is 18.4 Å². The largest absolute Gasteiger partial charge is 0.481 e. The van der Waals surface area contributed by atoms with Gasteiger partial charge in [-0.05, 0) is 11.8 Å². The predicted octanol–water partition coefficient (Wildman–Crippen LogP) is 1.66. The zero-order chi connectivity index (χ0) is 12.9. The summed E-state index contributed by atoms with van der Waals surface area (Å²) in [5, 5.41) is 3.11. The SMILES string of the molecule is COc1ccnc(NCC(N)CC(C)(C)C)n1. The highest BCUT2D eigenvalue weighted by atomic mass is 16.5. The third-order valence-electron chi connectivity index (χ3n) is 2.24. The molecule has 1 aromatic rings. The van der Waals surface area contributed by atoms with E-state index in [1.54, 1.807) is 19.4 Å². The summed E-state index contributed by atoms with van der Waals surface area (Å²) in [6.45, 7) is 7.18. The molecule has 3 N–H and O–H groups in total. The van der Waals surface area contributed by atoms with Crippen LogP contribution in [0.2, 0.25) is 0 Å². The van der Waals surface area contributed by atoms with Crippen LogP contribution in [0.1, 0.15) is 27.2 Å². The lowest BCUT2D eigenvalue weighted by Crippen LogP contribution is -2.33. The lowest BCUT2D eigenvalue weighted by molar-refractivity contribution is 0.344. The van der Waals surface area contributed by atoms with Crippen molar-refractivity contribution in [1.82, 2.24) is 9.97 Å². The van der Waals surface area contributed by atoms with Gasteiger partial charge in [-0.3, -0.25) is 0 Å². The van der Waals surface area contributed by atoms with Gasteiger partial charge in [-0.1, -0.05) is 20.8 Å². The molecule has 5 heteroatoms. The smallest absolute Gasteiger partial charge is 0.225 e. The molecule has 0 aliphatic rings. The van der Waals surface area contributed by atoms with Crippen LogP contribution in [0.5, 0.6) is 5.88 Å². The monoisotopic (exact) mass is 238 g/mol. The Morgan fingerprint density at radius 3 is 2.76 bits per heavy atom. The van der Waals surface area contributed by atoms with Gasteiger partial charge in [0.2, 0.25) is 11.8 Å². The molecule has 1 heterocycles. The number of hydrogen-bond donors (Lipinski definition) is 2. The van der Waals surface area contributed by atoms with Gasteiger partial charge in [-0.15, -0.1) is 0 Å². The molecule has 0 aliphatic carbocycles. The first-order chi connectivity index (χ1) is 7.90. The van der Waals surface area contributed by atoms with Gasteiger partial charge in [0.05, 0.1) is 7.11 Å². The molecule has 17 heavy (non-hydrogen) atoms. The normalized spacial score (nSPS) is 13.2. The Hall–Kier alpha value is -1.36. The topological polar surface area (TPSA) is 73.1 Å². The van der Waals surface area contributed by atoms with E-state index in [1.807, 2.05) is 0 Å². The summed E-state index contributed by atoms with van der Waals surface area (Å²) < 4.78 is 5.02. The fourth-order valence-electron chi connectivity index (χ4n) is 1.62. The van der Waals surface area contributed by atoms with Crippen LogP contribution in [0.4, 0.5) is 5.95 Å². The molecule has 0 fully saturated rings. The van der Waals surface area contributed by atoms with Gasteiger partial charge < -0.3 is 15.8 Å². The molecule has 0 bridgehead atoms. The van der Waals surface area contributed by atoms with Crippen molar-refractivity contribution in [3.63, 3.8) is 0 Å². The fourth-order valence-corrected chi connectivity index (χ4v) is 1.62. The van der Waals surface area contributed by atoms with Crippen LogP contribution in [0, 0.1) is 5.41 Å². The standard InChI is InChI=1S/C12H22N4O/c1-12(2,3)7-9(13)8-15-11-14-6-5-10(16-11)17-4/h5-6,9H,7-8,13H2,1-4H3,(H,14,15,16). The molecule has 1 rings (SSSR count). The molecular weight excluding hydrogens is 216 g/mol. The van der Waals surface area contributed by atoms with Crippen molar-refractivity contribution in [3.8, 4) is 5.88 Å². The highest BCUT2D eigenvalue weighted by molar-refractivity contribution is 5.27. The molecule has 0 saturated heterocycles. The Kier molecular flexibility index (Phi) is 4.69. The summed E-state index contributed by atoms with van der Waals surface area (Å²) in [4.78, 5) is 8.26. The third kappa shape index (κ3) is 5.49. The summed E-state index contributed by atoms with van der Waals surface area (Å²) in [6.07, 6.45) is 2.60. The summed E-state index contributed by atoms with van der Waals surface area (Å²) in [6, 6.07) is 1.80. The Bertz CT molecular complexity index is 349. The minimum absolute atomic E-state index is 0.0878. The lowest BCUT2D eigenvalue weighted by Gasteiger charge is -2.23. The summed E-state index contributed by atoms with van der Waals surface area (Å²) in [5.74, 6) is 1.10. The van der Waals surface area contributed by atoms with E-state index in [4.69, 9.17) is 10.5 Å². The van der Waals surface area contributed by atoms with E-state index in [9.17, 15) is 0 Å². The average Bonchev–Trinajstić information content (AvgIpc) is 2.24. The molecule has 1 atom stereocenters. The number of nitrogens with two attached hydrogens (primary N) is 1. The number of nitrogens with one attached hydrogen (secondary N) is 1. The van der Waals surface area contributed by atoms with Crippen LogP contribution in [0.3, 0.4) is 0 Å². The maximum absolute atomic E-state index is 6.03. The first-order valence-electron chi connectivity index (χ1n) is 5.77. The predicted molar refractivity (Wildman–Crippen MR) is 69.1 cm³/mol. The molecular formula is C12H22N4O. The first-order valence-corrected chi connectivity index (χ1v) is 5.77. The van der Waals surface area contributed by atoms with Crippen LogP contribution in [0.15, 0.2) is 12.3 Å². The summed E-state index contributed by atoms with van der Waals surface area (Å²) in [5.41, 5.74) is 6.26. The Morgan fingerprint density at radius 2 is 2.18 bits per heavy atom. The summed E-state index contributed by atoms with van der Waals surface area (Å²) in [7, 11) is 1.58. The average molecular weight is 238 g/mol. The third-order valence-corrected chi connectivity index (χ3v) is 2.24. The van der Waals surface area contributed by atoms with Crippen molar-refractivity contribution >= 4 is 5.95 Å². The number of nitrogens with zero attached hydrogens (tertiary/aromatic N) is 2. The van der Waals surface area contributed by atoms with Crippen molar-refractivity contribution in [2.45, 2.75) is 33.2 Å². The van der Waals surface area contributed by atoms with Crippen LogP contribution >= 0.6 is 0 Å². The first kappa shape index (κ1) is 13.7. The molecule has 0 amide bonds. The Balaban J connectivity index is 2.44. The van der Waals surface area contributed by atoms with Crippen LogP contribution < -0.4 is 15.8 Å². The molecule has 0 aliphatic heterocycles. The second-order valence-corrected chi connectivity index (χ2v) is 5.33. The van der Waals surface area contributed by atoms with Crippen LogP contribution in [0.25, 0.3) is 0 Å². The van der Waals surface area contributed by atoms with E-state index < -0.39 is 0 Å². The van der Waals surface area contributed by atoms with Gasteiger partial charge in [0.1, 0.15) is 0 Å². The van der Waals surface area contributed by atoms with E-state index in [1.165, 1.54) is 0 Å². The summed E-state index contributed by atoms with van der Waals surface area (Å²) >= 11 is 0. The molecule has 1 aromatic heterocycles. The van der Waals surface area contributed by atoms with Crippen LogP contribution in [-0.4, -0.2) is 29.7 Å². The van der Waals surface area contributed by atoms with E-state index >= 15 is 0 Å². The van der Waals surface area contributed by atoms with Gasteiger partial charge in [-0.2, -0.15) is 4.98 Å². The van der Waals surface area contributed by atoms with Crippen molar-refractivity contribution < 1.29 is 4.74 Å². The molecule has 0 aromatic carbocycles. The quantitative estimate of drug-likeness (QED) is 0.816. The van der Waals surface area contributed by atoms with Crippen molar-refractivity contribution in [1.29, 1.82) is 0 Å². The minimum Gasteiger partial charge on any atom is -0.481 e. The highest BCUT2D eigenvalue weighted by Crippen LogP contribution is 2.19. The highest BCUT2D eigenvalue weighted by Gasteiger charge is 2.15. The number of ether oxygens (including phenoxy) is 1. The fraction of sp³-hybridized carbons (Fsp3) is 0.667. The molecule has 0 radical (unpaired) electrons. The molecule has 0 spiro atoms. The lowest BCUT2D eigenvalue weighted by atomic mass is 9.88. The molecule has 0 saturated carbocycles. The van der Waals surface area contributed by atoms with Gasteiger partial charge in [-0.25, -0.2) is 4.98 Å². The molecule has 5 nitrogen and oxygen atoms in total. The molecule has 1 unspecified atom stereocenters. The Morgan fingerprint density at radius 1 is 1.47 bits per heavy atom. The second kappa shape index (κ2) is 5.82. The van der Waals surface area contributed by atoms with Crippen molar-refractivity contribution in [2.75, 3.05) is 19.0 Å². The number of methoxy groups -OCH3 is 1. The van der Waals surface area contributed by atoms with E-state index in [2.05, 4.69) is 36.1 Å². The zero-order valence-corrected chi connectivity index (χ0v) is 11.0. The van der Waals surface area contributed by atoms with Gasteiger partial charge in [0, 0.05) is 24.8 Å². The van der Waals surface area contributed by atoms with Crippen LogP contribution in [-0.2, 0) is 0 Å². The zero-order valence-electron chi connectivity index (χ0n) is 11.0. The number of rotatable bonds is 5. The number of anilines is 1. The Labute approximate surface area is 103 Å². The van der Waals surface area contributed by atoms with E-state index in [0.717, 1.165) is 6.42 Å². The van der Waals surface area contributed by atoms with Gasteiger partial charge in [0.25, 0.3) is 0 Å². The second-order valence-electron chi connectivity index (χ2n) is 5.33. The van der Waals surface area contributed by atoms with Crippen molar-refractivity contribution in [3.05, 3.63) is 12.3 Å². The molecule has 96 valence electrons.